The molecular weight excluding hydrogens is 596 g/mol. The second-order valence-electron chi connectivity index (χ2n) is 13.4. The van der Waals surface area contributed by atoms with Crippen molar-refractivity contribution in [1.82, 2.24) is 4.72 Å². The minimum absolute atomic E-state index is 0. The van der Waals surface area contributed by atoms with Gasteiger partial charge < -0.3 is 9.57 Å². The second kappa shape index (κ2) is 22.0. The third-order valence-electron chi connectivity index (χ3n) is 6.74. The number of esters is 1. The quantitative estimate of drug-likeness (QED) is 0.182. The number of ether oxygens (including phenoxy) is 1. The molecule has 0 bridgehead atoms. The van der Waals surface area contributed by atoms with Gasteiger partial charge in [0.05, 0.1) is 17.8 Å². The fraction of sp³-hybridized carbons (Fsp3) is 0.632. The minimum Gasteiger partial charge on any atom is -0.465 e. The summed E-state index contributed by atoms with van der Waals surface area (Å²) < 4.78 is 29.7. The SMILES string of the molecule is C.C.CC(C)C(C)C.CC(C)COC(=O)C(C)C.CC(C)NS(=O)(=O)C1CC1.CC(C)ON=C1c2ccccc2-c2ccccc21. The molecule has 0 aromatic heterocycles. The molecule has 46 heavy (non-hydrogen) atoms. The number of rotatable bonds is 9. The molecular formula is C38H66N2O5S. The maximum atomic E-state index is 11.1. The van der Waals surface area contributed by atoms with E-state index in [0.29, 0.717) is 12.5 Å². The van der Waals surface area contributed by atoms with E-state index in [0.717, 1.165) is 41.5 Å². The number of oxime groups is 1. The van der Waals surface area contributed by atoms with Gasteiger partial charge in [-0.25, -0.2) is 13.1 Å². The van der Waals surface area contributed by atoms with E-state index in [-0.39, 0.29) is 44.1 Å². The van der Waals surface area contributed by atoms with E-state index in [1.54, 1.807) is 0 Å². The predicted molar refractivity (Wildman–Crippen MR) is 198 cm³/mol. The zero-order valence-corrected chi connectivity index (χ0v) is 30.0. The zero-order valence-electron chi connectivity index (χ0n) is 29.2. The lowest BCUT2D eigenvalue weighted by atomic mass is 10.0. The molecule has 0 unspecified atom stereocenters. The van der Waals surface area contributed by atoms with Crippen LogP contribution in [0.1, 0.15) is 122 Å². The Hall–Kier alpha value is -2.71. The first-order valence-corrected chi connectivity index (χ1v) is 17.6. The number of sulfonamides is 1. The summed E-state index contributed by atoms with van der Waals surface area (Å²) in [6.45, 7) is 24.8. The van der Waals surface area contributed by atoms with Crippen LogP contribution in [0.5, 0.6) is 0 Å². The van der Waals surface area contributed by atoms with E-state index in [4.69, 9.17) is 9.57 Å². The van der Waals surface area contributed by atoms with Crippen molar-refractivity contribution in [2.24, 2.45) is 28.8 Å². The molecule has 2 aliphatic rings. The van der Waals surface area contributed by atoms with Crippen molar-refractivity contribution in [3.05, 3.63) is 59.7 Å². The Balaban J connectivity index is 0. The summed E-state index contributed by atoms with van der Waals surface area (Å²) in [7, 11) is -2.94. The lowest BCUT2D eigenvalue weighted by Crippen LogP contribution is -2.32. The molecule has 7 nitrogen and oxygen atoms in total. The molecule has 0 spiro atoms. The summed E-state index contributed by atoms with van der Waals surface area (Å²) in [4.78, 5) is 16.3. The second-order valence-corrected chi connectivity index (χ2v) is 15.4. The Morgan fingerprint density at radius 2 is 1.17 bits per heavy atom. The third kappa shape index (κ3) is 16.7. The highest BCUT2D eigenvalue weighted by molar-refractivity contribution is 7.90. The van der Waals surface area contributed by atoms with Gasteiger partial charge in [0.2, 0.25) is 10.0 Å². The molecule has 1 saturated carbocycles. The molecule has 2 aliphatic carbocycles. The summed E-state index contributed by atoms with van der Waals surface area (Å²) >= 11 is 0. The number of benzene rings is 2. The molecule has 0 saturated heterocycles. The van der Waals surface area contributed by atoms with Crippen LogP contribution in [-0.4, -0.2) is 44.1 Å². The first kappa shape index (κ1) is 45.4. The van der Waals surface area contributed by atoms with Crippen LogP contribution >= 0.6 is 0 Å². The lowest BCUT2D eigenvalue weighted by molar-refractivity contribution is -0.148. The number of nitrogens with zero attached hydrogens (tertiary/aromatic N) is 1. The molecule has 0 amide bonds. The maximum Gasteiger partial charge on any atom is 0.308 e. The number of carbonyl (C=O) groups is 1. The highest BCUT2D eigenvalue weighted by atomic mass is 32.2. The van der Waals surface area contributed by atoms with Crippen molar-refractivity contribution in [3.63, 3.8) is 0 Å². The molecule has 0 atom stereocenters. The molecule has 4 rings (SSSR count). The first-order chi connectivity index (χ1) is 20.5. The van der Waals surface area contributed by atoms with Gasteiger partial charge in [0.15, 0.2) is 0 Å². The van der Waals surface area contributed by atoms with Crippen molar-refractivity contribution >= 4 is 21.7 Å². The van der Waals surface area contributed by atoms with Crippen molar-refractivity contribution in [2.75, 3.05) is 6.61 Å². The Labute approximate surface area is 283 Å². The average Bonchev–Trinajstić information content (AvgIpc) is 3.75. The number of fused-ring (bicyclic) bond motifs is 3. The van der Waals surface area contributed by atoms with Crippen LogP contribution in [0.25, 0.3) is 11.1 Å². The van der Waals surface area contributed by atoms with E-state index in [1.165, 1.54) is 11.1 Å². The minimum atomic E-state index is -2.94. The molecule has 2 aromatic carbocycles. The normalized spacial score (nSPS) is 12.9. The maximum absolute atomic E-state index is 11.1. The molecule has 1 fully saturated rings. The van der Waals surface area contributed by atoms with Crippen LogP contribution in [-0.2, 0) is 24.4 Å². The van der Waals surface area contributed by atoms with Crippen LogP contribution in [0.3, 0.4) is 0 Å². The largest absolute Gasteiger partial charge is 0.465 e. The van der Waals surface area contributed by atoms with Crippen molar-refractivity contribution in [1.29, 1.82) is 0 Å². The van der Waals surface area contributed by atoms with Gasteiger partial charge in [-0.2, -0.15) is 0 Å². The Kier molecular flexibility index (Phi) is 21.7. The summed E-state index contributed by atoms with van der Waals surface area (Å²) in [5.41, 5.74) is 5.71. The summed E-state index contributed by atoms with van der Waals surface area (Å²) in [5.74, 6) is 2.03. The van der Waals surface area contributed by atoms with E-state index in [2.05, 4.69) is 74.0 Å². The Morgan fingerprint density at radius 1 is 0.761 bits per heavy atom. The zero-order chi connectivity index (χ0) is 33.6. The highest BCUT2D eigenvalue weighted by Crippen LogP contribution is 2.36. The van der Waals surface area contributed by atoms with E-state index < -0.39 is 10.0 Å². The topological polar surface area (TPSA) is 94.1 Å². The fourth-order valence-electron chi connectivity index (χ4n) is 3.47. The van der Waals surface area contributed by atoms with Crippen LogP contribution in [0.2, 0.25) is 0 Å². The van der Waals surface area contributed by atoms with Crippen LogP contribution in [0.4, 0.5) is 0 Å². The van der Waals surface area contributed by atoms with Gasteiger partial charge in [0.25, 0.3) is 0 Å². The van der Waals surface area contributed by atoms with E-state index >= 15 is 0 Å². The molecule has 0 radical (unpaired) electrons. The fourth-order valence-corrected chi connectivity index (χ4v) is 5.08. The van der Waals surface area contributed by atoms with Gasteiger partial charge in [-0.3, -0.25) is 4.79 Å². The number of nitrogens with one attached hydrogen (secondary N) is 1. The van der Waals surface area contributed by atoms with Crippen LogP contribution in [0.15, 0.2) is 53.7 Å². The summed E-state index contributed by atoms with van der Waals surface area (Å²) in [6.07, 6.45) is 1.77. The van der Waals surface area contributed by atoms with Crippen molar-refractivity contribution < 1.29 is 22.8 Å². The molecule has 0 heterocycles. The summed E-state index contributed by atoms with van der Waals surface area (Å²) in [5, 5.41) is 4.23. The van der Waals surface area contributed by atoms with Gasteiger partial charge in [0.1, 0.15) is 11.8 Å². The van der Waals surface area contributed by atoms with Gasteiger partial charge in [-0.05, 0) is 69.4 Å². The van der Waals surface area contributed by atoms with Gasteiger partial charge in [0, 0.05) is 17.2 Å². The predicted octanol–water partition coefficient (Wildman–Crippen LogP) is 9.73. The lowest BCUT2D eigenvalue weighted by Gasteiger charge is -2.08. The van der Waals surface area contributed by atoms with Crippen molar-refractivity contribution in [3.8, 4) is 11.1 Å². The smallest absolute Gasteiger partial charge is 0.308 e. The standard InChI is InChI=1S/C16H15NO.C8H16O2.C6H13NO2S.C6H14.2CH4/c1-11(2)18-17-16-14-9-5-3-7-12(14)13-8-4-6-10-15(13)16;1-6(2)5-10-8(9)7(3)4;1-5(2)7-10(8,9)6-3-4-6;1-5(2)6(3)4;;/h3-11H,1-2H3;6-7H,5H2,1-4H3;5-7H,3-4H2,1-2H3;5-6H,1-4H3;2*1H4. The van der Waals surface area contributed by atoms with Crippen LogP contribution < -0.4 is 4.72 Å². The number of carbonyl (C=O) groups excluding carboxylic acids is 1. The van der Waals surface area contributed by atoms with Crippen LogP contribution in [0, 0.1) is 23.7 Å². The van der Waals surface area contributed by atoms with Gasteiger partial charge in [-0.1, -0.05) is 124 Å². The van der Waals surface area contributed by atoms with Gasteiger partial charge in [-0.15, -0.1) is 0 Å². The van der Waals surface area contributed by atoms with Gasteiger partial charge >= 0.3 is 5.97 Å². The molecule has 2 aromatic rings. The molecule has 1 N–H and O–H groups in total. The highest BCUT2D eigenvalue weighted by Gasteiger charge is 2.35. The first-order valence-electron chi connectivity index (χ1n) is 16.1. The number of hydrogen-bond donors (Lipinski definition) is 1. The Morgan fingerprint density at radius 3 is 1.48 bits per heavy atom. The molecule has 0 aliphatic heterocycles. The molecule has 8 heteroatoms. The Bertz CT molecular complexity index is 1220. The summed E-state index contributed by atoms with van der Waals surface area (Å²) in [6, 6.07) is 16.7. The third-order valence-corrected chi connectivity index (χ3v) is 8.89. The van der Waals surface area contributed by atoms with E-state index in [9.17, 15) is 13.2 Å². The monoisotopic (exact) mass is 662 g/mol. The van der Waals surface area contributed by atoms with E-state index in [1.807, 2.05) is 67.5 Å². The molecule has 264 valence electrons. The number of hydrogen-bond acceptors (Lipinski definition) is 6. The average molecular weight is 663 g/mol. The van der Waals surface area contributed by atoms with Crippen molar-refractivity contribution in [2.45, 2.75) is 128 Å².